The van der Waals surface area contributed by atoms with Gasteiger partial charge in [0.05, 0.1) is 6.16 Å². The summed E-state index contributed by atoms with van der Waals surface area (Å²) >= 11 is 0. The number of hydrogen-bond acceptors (Lipinski definition) is 3. The maximum absolute atomic E-state index is 10.4. The minimum Gasteiger partial charge on any atom is -0.352 e. The molecular formula is C10H21O3P. The quantitative estimate of drug-likeness (QED) is 0.322. The standard InChI is InChI=1S/C10H21O3P/c1-3-5-7-12-10(9-14-11)13-8-6-4-2/h10H,3-9H2,1-2H3. The van der Waals surface area contributed by atoms with Gasteiger partial charge in [0.2, 0.25) is 0 Å². The highest BCUT2D eigenvalue weighted by Gasteiger charge is 2.08. The highest BCUT2D eigenvalue weighted by atomic mass is 31.1. The van der Waals surface area contributed by atoms with Crippen LogP contribution < -0.4 is 0 Å². The van der Waals surface area contributed by atoms with E-state index in [1.54, 1.807) is 0 Å². The van der Waals surface area contributed by atoms with E-state index in [9.17, 15) is 4.57 Å². The van der Waals surface area contributed by atoms with Crippen molar-refractivity contribution in [3.8, 4) is 0 Å². The average Bonchev–Trinajstić information content (AvgIpc) is 2.18. The van der Waals surface area contributed by atoms with Gasteiger partial charge < -0.3 is 9.47 Å². The largest absolute Gasteiger partial charge is 0.352 e. The van der Waals surface area contributed by atoms with Crippen LogP contribution in [0.25, 0.3) is 0 Å². The summed E-state index contributed by atoms with van der Waals surface area (Å²) in [6, 6.07) is 0. The van der Waals surface area contributed by atoms with Crippen LogP contribution in [-0.2, 0) is 14.0 Å². The maximum Gasteiger partial charge on any atom is 0.168 e. The van der Waals surface area contributed by atoms with Gasteiger partial charge in [-0.25, -0.2) is 0 Å². The van der Waals surface area contributed by atoms with E-state index in [4.69, 9.17) is 9.47 Å². The van der Waals surface area contributed by atoms with Crippen molar-refractivity contribution in [2.24, 2.45) is 0 Å². The highest BCUT2D eigenvalue weighted by Crippen LogP contribution is 2.06. The van der Waals surface area contributed by atoms with Crippen molar-refractivity contribution in [3.63, 3.8) is 0 Å². The topological polar surface area (TPSA) is 35.5 Å². The Kier molecular flexibility index (Phi) is 11.1. The second-order valence-corrected chi connectivity index (χ2v) is 3.81. The molecule has 3 nitrogen and oxygen atoms in total. The third-order valence-electron chi connectivity index (χ3n) is 1.83. The van der Waals surface area contributed by atoms with Gasteiger partial charge in [-0.2, -0.15) is 0 Å². The van der Waals surface area contributed by atoms with Crippen LogP contribution in [0.15, 0.2) is 0 Å². The molecule has 0 aliphatic heterocycles. The number of ether oxygens (including phenoxy) is 2. The minimum atomic E-state index is -0.285. The van der Waals surface area contributed by atoms with Crippen molar-refractivity contribution in [1.82, 2.24) is 0 Å². The zero-order valence-corrected chi connectivity index (χ0v) is 10.1. The van der Waals surface area contributed by atoms with Gasteiger partial charge in [-0.1, -0.05) is 26.7 Å². The van der Waals surface area contributed by atoms with Crippen LogP contribution in [0.3, 0.4) is 0 Å². The lowest BCUT2D eigenvalue weighted by Gasteiger charge is -2.15. The molecule has 0 fully saturated rings. The van der Waals surface area contributed by atoms with E-state index < -0.39 is 0 Å². The molecular weight excluding hydrogens is 199 g/mol. The highest BCUT2D eigenvalue weighted by molar-refractivity contribution is 7.23. The van der Waals surface area contributed by atoms with Crippen LogP contribution in [0.2, 0.25) is 0 Å². The first kappa shape index (κ1) is 14.0. The van der Waals surface area contributed by atoms with Crippen molar-refractivity contribution in [1.29, 1.82) is 0 Å². The van der Waals surface area contributed by atoms with Gasteiger partial charge >= 0.3 is 0 Å². The molecule has 0 radical (unpaired) electrons. The zero-order valence-electron chi connectivity index (χ0n) is 9.20. The molecule has 0 saturated heterocycles. The molecule has 0 bridgehead atoms. The predicted octanol–water partition coefficient (Wildman–Crippen LogP) is 3.24. The Balaban J connectivity index is 3.49. The van der Waals surface area contributed by atoms with Gasteiger partial charge in [0.15, 0.2) is 14.8 Å². The van der Waals surface area contributed by atoms with E-state index in [1.807, 2.05) is 0 Å². The van der Waals surface area contributed by atoms with Crippen LogP contribution in [-0.4, -0.2) is 25.7 Å². The Morgan fingerprint density at radius 3 is 1.93 bits per heavy atom. The lowest BCUT2D eigenvalue weighted by Crippen LogP contribution is -2.20. The molecule has 0 aromatic rings. The first-order chi connectivity index (χ1) is 6.85. The summed E-state index contributed by atoms with van der Waals surface area (Å²) in [7, 11) is 0.0939. The Hall–Kier alpha value is 0.0200. The van der Waals surface area contributed by atoms with E-state index in [-0.39, 0.29) is 14.8 Å². The molecule has 0 spiro atoms. The van der Waals surface area contributed by atoms with Gasteiger partial charge in [-0.05, 0) is 12.8 Å². The molecule has 0 rings (SSSR count). The average molecular weight is 220 g/mol. The van der Waals surface area contributed by atoms with E-state index in [2.05, 4.69) is 13.8 Å². The summed E-state index contributed by atoms with van der Waals surface area (Å²) in [5.74, 6) is 0. The summed E-state index contributed by atoms with van der Waals surface area (Å²) in [4.78, 5) is 0. The van der Waals surface area contributed by atoms with Crippen LogP contribution in [0.4, 0.5) is 0 Å². The third kappa shape index (κ3) is 8.61. The fourth-order valence-electron chi connectivity index (χ4n) is 0.933. The molecule has 0 aliphatic rings. The second-order valence-electron chi connectivity index (χ2n) is 3.19. The van der Waals surface area contributed by atoms with E-state index in [1.165, 1.54) is 0 Å². The predicted molar refractivity (Wildman–Crippen MR) is 58.0 cm³/mol. The lowest BCUT2D eigenvalue weighted by atomic mass is 10.4. The summed E-state index contributed by atoms with van der Waals surface area (Å²) < 4.78 is 21.3. The van der Waals surface area contributed by atoms with Crippen molar-refractivity contribution in [2.45, 2.75) is 45.8 Å². The monoisotopic (exact) mass is 220 g/mol. The Bertz CT molecular complexity index is 121. The number of unbranched alkanes of at least 4 members (excludes halogenated alkanes) is 2. The second kappa shape index (κ2) is 11.1. The molecule has 0 aliphatic carbocycles. The van der Waals surface area contributed by atoms with E-state index in [0.29, 0.717) is 19.4 Å². The van der Waals surface area contributed by atoms with Crippen LogP contribution in [0, 0.1) is 0 Å². The van der Waals surface area contributed by atoms with Gasteiger partial charge in [0.1, 0.15) is 0 Å². The summed E-state index contributed by atoms with van der Waals surface area (Å²) in [5.41, 5.74) is 0. The molecule has 14 heavy (non-hydrogen) atoms. The molecule has 0 heterocycles. The van der Waals surface area contributed by atoms with Gasteiger partial charge in [-0.15, -0.1) is 0 Å². The van der Waals surface area contributed by atoms with Crippen LogP contribution in [0.5, 0.6) is 0 Å². The molecule has 0 N–H and O–H groups in total. The van der Waals surface area contributed by atoms with Crippen molar-refractivity contribution < 1.29 is 14.0 Å². The molecule has 0 amide bonds. The first-order valence-electron chi connectivity index (χ1n) is 5.37. The molecule has 84 valence electrons. The van der Waals surface area contributed by atoms with Crippen LogP contribution >= 0.6 is 8.46 Å². The fourth-order valence-corrected chi connectivity index (χ4v) is 1.27. The summed E-state index contributed by atoms with van der Waals surface area (Å²) in [5, 5.41) is 0. The fraction of sp³-hybridized carbons (Fsp3) is 1.00. The summed E-state index contributed by atoms with van der Waals surface area (Å²) in [6.07, 6.45) is 4.43. The SMILES string of the molecule is CCCCOC(CP=O)OCCCC. The molecule has 0 aromatic carbocycles. The van der Waals surface area contributed by atoms with Crippen molar-refractivity contribution in [2.75, 3.05) is 19.4 Å². The van der Waals surface area contributed by atoms with Crippen molar-refractivity contribution >= 4 is 8.46 Å². The maximum atomic E-state index is 10.4. The Labute approximate surface area is 88.4 Å². The molecule has 0 unspecified atom stereocenters. The molecule has 0 atom stereocenters. The van der Waals surface area contributed by atoms with Crippen molar-refractivity contribution in [3.05, 3.63) is 0 Å². The zero-order chi connectivity index (χ0) is 10.6. The lowest BCUT2D eigenvalue weighted by molar-refractivity contribution is -0.128. The minimum absolute atomic E-state index is 0.0939. The molecule has 0 aromatic heterocycles. The van der Waals surface area contributed by atoms with Gasteiger partial charge in [0, 0.05) is 13.2 Å². The third-order valence-corrected chi connectivity index (χ3v) is 2.27. The van der Waals surface area contributed by atoms with Crippen LogP contribution in [0.1, 0.15) is 39.5 Å². The summed E-state index contributed by atoms with van der Waals surface area (Å²) in [6.45, 7) is 5.62. The van der Waals surface area contributed by atoms with Gasteiger partial charge in [0.25, 0.3) is 0 Å². The van der Waals surface area contributed by atoms with E-state index in [0.717, 1.165) is 25.7 Å². The number of hydrogen-bond donors (Lipinski definition) is 0. The first-order valence-corrected chi connectivity index (χ1v) is 6.37. The Morgan fingerprint density at radius 2 is 1.57 bits per heavy atom. The van der Waals surface area contributed by atoms with E-state index >= 15 is 0 Å². The smallest absolute Gasteiger partial charge is 0.168 e. The molecule has 4 heteroatoms. The molecule has 0 saturated carbocycles. The normalized spacial score (nSPS) is 11.4. The van der Waals surface area contributed by atoms with Gasteiger partial charge in [-0.3, -0.25) is 4.57 Å². The Morgan fingerprint density at radius 1 is 1.07 bits per heavy atom. The number of rotatable bonds is 10.